The molecule has 3 rings (SSSR count). The van der Waals surface area contributed by atoms with Crippen LogP contribution in [-0.4, -0.2) is 27.7 Å². The lowest BCUT2D eigenvalue weighted by Crippen LogP contribution is -2.21. The lowest BCUT2D eigenvalue weighted by Gasteiger charge is -2.23. The van der Waals surface area contributed by atoms with E-state index in [0.29, 0.717) is 21.3 Å². The Hall–Kier alpha value is -0.780. The molecule has 152 valence electrons. The molecule has 0 amide bonds. The van der Waals surface area contributed by atoms with Crippen LogP contribution in [-0.2, 0) is 12.8 Å². The normalized spacial score (nSPS) is 24.6. The molecule has 0 spiro atoms. The van der Waals surface area contributed by atoms with Gasteiger partial charge in [-0.25, -0.2) is 4.79 Å². The van der Waals surface area contributed by atoms with E-state index in [9.17, 15) is 9.90 Å². The molecule has 2 N–H and O–H groups in total. The minimum absolute atomic E-state index is 0.0270. The topological polar surface area (TPSA) is 57.5 Å². The van der Waals surface area contributed by atoms with Crippen LogP contribution in [0.1, 0.15) is 45.8 Å². The second-order valence-electron chi connectivity index (χ2n) is 7.43. The van der Waals surface area contributed by atoms with Crippen LogP contribution >= 0.6 is 46.1 Å². The molecular weight excluding hydrogens is 439 g/mol. The molecule has 28 heavy (non-hydrogen) atoms. The highest BCUT2D eigenvalue weighted by Crippen LogP contribution is 2.42. The number of carboxylic acid groups (broad SMARTS) is 1. The van der Waals surface area contributed by atoms with Crippen molar-refractivity contribution in [3.8, 4) is 0 Å². The van der Waals surface area contributed by atoms with Crippen molar-refractivity contribution in [2.75, 3.05) is 0 Å². The first kappa shape index (κ1) is 21.9. The lowest BCUT2D eigenvalue weighted by molar-refractivity contribution is 0.0702. The number of aromatic carboxylic acids is 1. The Balaban J connectivity index is 1.56. The zero-order valence-corrected chi connectivity index (χ0v) is 18.4. The predicted molar refractivity (Wildman–Crippen MR) is 116 cm³/mol. The molecule has 1 heterocycles. The van der Waals surface area contributed by atoms with E-state index < -0.39 is 5.97 Å². The van der Waals surface area contributed by atoms with E-state index in [1.54, 1.807) is 12.1 Å². The zero-order valence-electron chi connectivity index (χ0n) is 15.3. The summed E-state index contributed by atoms with van der Waals surface area (Å²) >= 11 is 20.0. The molecule has 1 fully saturated rings. The largest absolute Gasteiger partial charge is 0.477 e. The Morgan fingerprint density at radius 1 is 1.07 bits per heavy atom. The Morgan fingerprint density at radius 3 is 2.43 bits per heavy atom. The van der Waals surface area contributed by atoms with Gasteiger partial charge in [-0.2, -0.15) is 0 Å². The molecule has 1 aromatic heterocycles. The first-order chi connectivity index (χ1) is 13.3. The quantitative estimate of drug-likeness (QED) is 0.453. The molecule has 1 aromatic carbocycles. The fraction of sp³-hybridized carbons (Fsp3) is 0.476. The number of thiophene rings is 1. The van der Waals surface area contributed by atoms with E-state index in [0.717, 1.165) is 42.5 Å². The SMILES string of the molecule is O=C(O)c1ccc(CCCC2C(Cl)CC(O)C2CCc2cc(Cl)cc(Cl)c2)s1. The van der Waals surface area contributed by atoms with Crippen LogP contribution in [0, 0.1) is 11.8 Å². The van der Waals surface area contributed by atoms with Crippen molar-refractivity contribution in [3.63, 3.8) is 0 Å². The summed E-state index contributed by atoms with van der Waals surface area (Å²) in [6.07, 6.45) is 4.57. The lowest BCUT2D eigenvalue weighted by atomic mass is 9.85. The van der Waals surface area contributed by atoms with E-state index in [4.69, 9.17) is 39.9 Å². The molecule has 0 radical (unpaired) electrons. The van der Waals surface area contributed by atoms with Gasteiger partial charge in [0.1, 0.15) is 4.88 Å². The van der Waals surface area contributed by atoms with Gasteiger partial charge in [0.25, 0.3) is 0 Å². The number of halogens is 3. The highest BCUT2D eigenvalue weighted by molar-refractivity contribution is 7.13. The molecule has 4 atom stereocenters. The second kappa shape index (κ2) is 9.82. The van der Waals surface area contributed by atoms with Gasteiger partial charge in [-0.3, -0.25) is 0 Å². The molecule has 1 aliphatic rings. The molecule has 1 saturated carbocycles. The first-order valence-electron chi connectivity index (χ1n) is 9.42. The van der Waals surface area contributed by atoms with Gasteiger partial charge < -0.3 is 10.2 Å². The number of rotatable bonds is 8. The van der Waals surface area contributed by atoms with Crippen molar-refractivity contribution in [2.45, 2.75) is 50.0 Å². The van der Waals surface area contributed by atoms with Crippen molar-refractivity contribution in [3.05, 3.63) is 55.7 Å². The predicted octanol–water partition coefficient (Wildman–Crippen LogP) is 6.31. The Kier molecular flexibility index (Phi) is 7.68. The summed E-state index contributed by atoms with van der Waals surface area (Å²) in [5.74, 6) is -0.472. The zero-order chi connectivity index (χ0) is 20.3. The molecule has 2 aromatic rings. The second-order valence-corrected chi connectivity index (χ2v) is 10.0. The first-order valence-corrected chi connectivity index (χ1v) is 11.4. The number of benzene rings is 1. The van der Waals surface area contributed by atoms with Gasteiger partial charge in [0.05, 0.1) is 6.10 Å². The summed E-state index contributed by atoms with van der Waals surface area (Å²) in [6.45, 7) is 0. The number of aryl methyl sites for hydroxylation is 2. The van der Waals surface area contributed by atoms with Crippen LogP contribution in [0.25, 0.3) is 0 Å². The number of carboxylic acids is 1. The van der Waals surface area contributed by atoms with Gasteiger partial charge in [-0.15, -0.1) is 22.9 Å². The van der Waals surface area contributed by atoms with E-state index in [-0.39, 0.29) is 23.3 Å². The van der Waals surface area contributed by atoms with Crippen molar-refractivity contribution in [2.24, 2.45) is 11.8 Å². The van der Waals surface area contributed by atoms with E-state index in [1.165, 1.54) is 11.3 Å². The smallest absolute Gasteiger partial charge is 0.345 e. The third kappa shape index (κ3) is 5.64. The Labute approximate surface area is 184 Å². The van der Waals surface area contributed by atoms with Crippen molar-refractivity contribution in [1.82, 2.24) is 0 Å². The van der Waals surface area contributed by atoms with E-state index >= 15 is 0 Å². The Morgan fingerprint density at radius 2 is 1.79 bits per heavy atom. The number of hydrogen-bond donors (Lipinski definition) is 2. The highest BCUT2D eigenvalue weighted by atomic mass is 35.5. The van der Waals surface area contributed by atoms with Gasteiger partial charge in [-0.1, -0.05) is 23.2 Å². The van der Waals surface area contributed by atoms with Gasteiger partial charge in [0.2, 0.25) is 0 Å². The summed E-state index contributed by atoms with van der Waals surface area (Å²) < 4.78 is 0. The molecule has 7 heteroatoms. The number of hydrogen-bond acceptors (Lipinski definition) is 3. The molecule has 0 saturated heterocycles. The van der Waals surface area contributed by atoms with Crippen LogP contribution in [0.4, 0.5) is 0 Å². The van der Waals surface area contributed by atoms with Crippen LogP contribution < -0.4 is 0 Å². The monoisotopic (exact) mass is 460 g/mol. The highest BCUT2D eigenvalue weighted by Gasteiger charge is 2.40. The van der Waals surface area contributed by atoms with Crippen LogP contribution in [0.3, 0.4) is 0 Å². The Bertz CT molecular complexity index is 803. The number of carbonyl (C=O) groups is 1. The van der Waals surface area contributed by atoms with Crippen molar-refractivity contribution < 1.29 is 15.0 Å². The number of aliphatic hydroxyl groups excluding tert-OH is 1. The van der Waals surface area contributed by atoms with E-state index in [1.807, 2.05) is 18.2 Å². The standard InChI is InChI=1S/C21H23Cl3O3S/c22-13-8-12(9-14(23)10-13)4-6-17-16(18(24)11-19(17)25)3-1-2-15-5-7-20(28-15)21(26)27/h5,7-10,16-19,25H,1-4,6,11H2,(H,26,27). The van der Waals surface area contributed by atoms with Crippen molar-refractivity contribution >= 4 is 52.1 Å². The van der Waals surface area contributed by atoms with Crippen LogP contribution in [0.15, 0.2) is 30.3 Å². The minimum Gasteiger partial charge on any atom is -0.477 e. The summed E-state index contributed by atoms with van der Waals surface area (Å²) in [5, 5.41) is 20.7. The molecule has 0 bridgehead atoms. The molecule has 3 nitrogen and oxygen atoms in total. The van der Waals surface area contributed by atoms with Crippen LogP contribution in [0.2, 0.25) is 10.0 Å². The fourth-order valence-electron chi connectivity index (χ4n) is 4.16. The summed E-state index contributed by atoms with van der Waals surface area (Å²) in [6, 6.07) is 9.09. The fourth-order valence-corrected chi connectivity index (χ4v) is 6.12. The molecule has 0 aliphatic heterocycles. The maximum Gasteiger partial charge on any atom is 0.345 e. The van der Waals surface area contributed by atoms with Gasteiger partial charge in [-0.05, 0) is 86.3 Å². The number of aliphatic hydroxyl groups is 1. The average Bonchev–Trinajstić information content (AvgIpc) is 3.18. The summed E-state index contributed by atoms with van der Waals surface area (Å²) in [7, 11) is 0. The number of alkyl halides is 1. The molecule has 1 aliphatic carbocycles. The van der Waals surface area contributed by atoms with Gasteiger partial charge in [0.15, 0.2) is 0 Å². The minimum atomic E-state index is -0.878. The third-order valence-corrected chi connectivity index (χ3v) is 7.57. The van der Waals surface area contributed by atoms with Crippen molar-refractivity contribution in [1.29, 1.82) is 0 Å². The third-order valence-electron chi connectivity index (χ3n) is 5.50. The maximum absolute atomic E-state index is 11.0. The van der Waals surface area contributed by atoms with Gasteiger partial charge >= 0.3 is 5.97 Å². The van der Waals surface area contributed by atoms with E-state index in [2.05, 4.69) is 0 Å². The average molecular weight is 462 g/mol. The summed E-state index contributed by atoms with van der Waals surface area (Å²) in [5.41, 5.74) is 1.07. The molecular formula is C21H23Cl3O3S. The maximum atomic E-state index is 11.0. The van der Waals surface area contributed by atoms with Crippen LogP contribution in [0.5, 0.6) is 0 Å². The van der Waals surface area contributed by atoms with Gasteiger partial charge in [0, 0.05) is 20.3 Å². The molecule has 4 unspecified atom stereocenters. The summed E-state index contributed by atoms with van der Waals surface area (Å²) in [4.78, 5) is 12.4.